The Morgan fingerprint density at radius 3 is 2.72 bits per heavy atom. The molecule has 7 nitrogen and oxygen atoms in total. The first-order valence-electron chi connectivity index (χ1n) is 5.60. The van der Waals surface area contributed by atoms with E-state index in [4.69, 9.17) is 4.74 Å². The lowest BCUT2D eigenvalue weighted by molar-refractivity contribution is 0.325. The Labute approximate surface area is 107 Å². The van der Waals surface area contributed by atoms with Crippen LogP contribution in [0.4, 0.5) is 5.82 Å². The lowest BCUT2D eigenvalue weighted by Crippen LogP contribution is -2.26. The van der Waals surface area contributed by atoms with E-state index in [1.165, 1.54) is 7.05 Å². The van der Waals surface area contributed by atoms with Crippen LogP contribution in [0.25, 0.3) is 0 Å². The van der Waals surface area contributed by atoms with Crippen molar-refractivity contribution in [3.63, 3.8) is 0 Å². The van der Waals surface area contributed by atoms with Gasteiger partial charge in [-0.15, -0.1) is 0 Å². The van der Waals surface area contributed by atoms with E-state index < -0.39 is 10.0 Å². The van der Waals surface area contributed by atoms with E-state index in [2.05, 4.69) is 20.0 Å². The monoisotopic (exact) mass is 274 g/mol. The molecule has 0 amide bonds. The quantitative estimate of drug-likeness (QED) is 0.735. The molecule has 1 rings (SSSR count). The standard InChI is InChI=1S/C10H18N4O3S/c1-4-17-10-7-9(13-8(2)14-10)12-5-6-18(15,16)11-3/h7,11H,4-6H2,1-3H3,(H,12,13,14). The second-order valence-electron chi connectivity index (χ2n) is 3.52. The fourth-order valence-electron chi connectivity index (χ4n) is 1.27. The third-order valence-corrected chi connectivity index (χ3v) is 3.46. The van der Waals surface area contributed by atoms with Gasteiger partial charge >= 0.3 is 0 Å². The lowest BCUT2D eigenvalue weighted by atomic mass is 10.5. The number of aryl methyl sites for hydroxylation is 1. The summed E-state index contributed by atoms with van der Waals surface area (Å²) < 4.78 is 30.0. The molecule has 8 heteroatoms. The van der Waals surface area contributed by atoms with Crippen LogP contribution in [0.5, 0.6) is 5.88 Å². The van der Waals surface area contributed by atoms with Crippen LogP contribution in [0.2, 0.25) is 0 Å². The molecule has 1 aromatic heterocycles. The summed E-state index contributed by atoms with van der Waals surface area (Å²) in [6.45, 7) is 4.40. The second kappa shape index (κ2) is 6.50. The molecule has 0 aliphatic carbocycles. The predicted octanol–water partition coefficient (Wildman–Crippen LogP) is 0.145. The van der Waals surface area contributed by atoms with Crippen LogP contribution in [0, 0.1) is 6.92 Å². The van der Waals surface area contributed by atoms with E-state index >= 15 is 0 Å². The van der Waals surface area contributed by atoms with Crippen molar-refractivity contribution >= 4 is 15.8 Å². The number of hydrogen-bond donors (Lipinski definition) is 2. The van der Waals surface area contributed by atoms with Crippen LogP contribution in [-0.4, -0.2) is 44.3 Å². The highest BCUT2D eigenvalue weighted by molar-refractivity contribution is 7.89. The fourth-order valence-corrected chi connectivity index (χ4v) is 1.84. The Kier molecular flexibility index (Phi) is 5.29. The molecule has 1 heterocycles. The van der Waals surface area contributed by atoms with Crippen molar-refractivity contribution in [2.24, 2.45) is 0 Å². The highest BCUT2D eigenvalue weighted by Gasteiger charge is 2.07. The molecule has 0 radical (unpaired) electrons. The van der Waals surface area contributed by atoms with Gasteiger partial charge in [0.15, 0.2) is 0 Å². The molecule has 18 heavy (non-hydrogen) atoms. The predicted molar refractivity (Wildman–Crippen MR) is 69.3 cm³/mol. The summed E-state index contributed by atoms with van der Waals surface area (Å²) in [7, 11) is -1.82. The number of ether oxygens (including phenoxy) is 1. The zero-order valence-electron chi connectivity index (χ0n) is 10.7. The maximum absolute atomic E-state index is 11.2. The molecule has 0 bridgehead atoms. The molecule has 0 spiro atoms. The van der Waals surface area contributed by atoms with Crippen LogP contribution < -0.4 is 14.8 Å². The normalized spacial score (nSPS) is 11.3. The first-order valence-corrected chi connectivity index (χ1v) is 7.25. The average Bonchev–Trinajstić information content (AvgIpc) is 2.28. The third-order valence-electron chi connectivity index (χ3n) is 2.09. The maximum atomic E-state index is 11.2. The van der Waals surface area contributed by atoms with Gasteiger partial charge in [-0.2, -0.15) is 4.98 Å². The van der Waals surface area contributed by atoms with Crippen molar-refractivity contribution in [3.8, 4) is 5.88 Å². The summed E-state index contributed by atoms with van der Waals surface area (Å²) in [4.78, 5) is 8.24. The van der Waals surface area contributed by atoms with Gasteiger partial charge in [-0.25, -0.2) is 18.1 Å². The van der Waals surface area contributed by atoms with Crippen LogP contribution in [0.1, 0.15) is 12.7 Å². The highest BCUT2D eigenvalue weighted by atomic mass is 32.2. The Hall–Kier alpha value is -1.41. The number of sulfonamides is 1. The minimum absolute atomic E-state index is 0.0173. The Morgan fingerprint density at radius 2 is 2.11 bits per heavy atom. The summed E-state index contributed by atoms with van der Waals surface area (Å²) in [6, 6.07) is 1.64. The molecule has 0 unspecified atom stereocenters. The number of nitrogens with one attached hydrogen (secondary N) is 2. The number of rotatable bonds is 7. The van der Waals surface area contributed by atoms with Gasteiger partial charge in [0.25, 0.3) is 0 Å². The van der Waals surface area contributed by atoms with E-state index in [9.17, 15) is 8.42 Å². The van der Waals surface area contributed by atoms with E-state index in [0.717, 1.165) is 0 Å². The van der Waals surface area contributed by atoms with E-state index in [0.29, 0.717) is 24.1 Å². The van der Waals surface area contributed by atoms with Gasteiger partial charge in [-0.05, 0) is 20.9 Å². The minimum Gasteiger partial charge on any atom is -0.478 e. The van der Waals surface area contributed by atoms with E-state index in [1.807, 2.05) is 6.92 Å². The number of anilines is 1. The highest BCUT2D eigenvalue weighted by Crippen LogP contribution is 2.12. The first-order chi connectivity index (χ1) is 8.46. The number of aromatic nitrogens is 2. The Balaban J connectivity index is 2.62. The Morgan fingerprint density at radius 1 is 1.39 bits per heavy atom. The molecule has 0 aromatic carbocycles. The van der Waals surface area contributed by atoms with Crippen molar-refractivity contribution in [1.29, 1.82) is 0 Å². The molecule has 1 aromatic rings. The zero-order valence-corrected chi connectivity index (χ0v) is 11.5. The summed E-state index contributed by atoms with van der Waals surface area (Å²) in [6.07, 6.45) is 0. The molecule has 0 saturated carbocycles. The topological polar surface area (TPSA) is 93.2 Å². The average molecular weight is 274 g/mol. The molecule has 2 N–H and O–H groups in total. The van der Waals surface area contributed by atoms with Crippen molar-refractivity contribution in [3.05, 3.63) is 11.9 Å². The smallest absolute Gasteiger partial charge is 0.218 e. The van der Waals surface area contributed by atoms with Gasteiger partial charge in [-0.1, -0.05) is 0 Å². The largest absolute Gasteiger partial charge is 0.478 e. The molecular weight excluding hydrogens is 256 g/mol. The first kappa shape index (κ1) is 14.7. The SMILES string of the molecule is CCOc1cc(NCCS(=O)(=O)NC)nc(C)n1. The zero-order chi connectivity index (χ0) is 13.6. The second-order valence-corrected chi connectivity index (χ2v) is 5.57. The molecular formula is C10H18N4O3S. The van der Waals surface area contributed by atoms with Gasteiger partial charge in [-0.3, -0.25) is 0 Å². The molecule has 0 saturated heterocycles. The lowest BCUT2D eigenvalue weighted by Gasteiger charge is -2.08. The van der Waals surface area contributed by atoms with Crippen LogP contribution in [0.3, 0.4) is 0 Å². The number of hydrogen-bond acceptors (Lipinski definition) is 6. The van der Waals surface area contributed by atoms with Crippen molar-refractivity contribution < 1.29 is 13.2 Å². The third kappa shape index (κ3) is 4.84. The summed E-state index contributed by atoms with van der Waals surface area (Å²) in [5.41, 5.74) is 0. The minimum atomic E-state index is -3.21. The molecule has 102 valence electrons. The van der Waals surface area contributed by atoms with Crippen LogP contribution in [-0.2, 0) is 10.0 Å². The van der Waals surface area contributed by atoms with Crippen LogP contribution >= 0.6 is 0 Å². The van der Waals surface area contributed by atoms with Gasteiger partial charge in [0.05, 0.1) is 12.4 Å². The number of nitrogens with zero attached hydrogens (tertiary/aromatic N) is 2. The fraction of sp³-hybridized carbons (Fsp3) is 0.600. The van der Waals surface area contributed by atoms with Gasteiger partial charge in [0.1, 0.15) is 11.6 Å². The molecule has 0 fully saturated rings. The molecule has 0 aliphatic rings. The van der Waals surface area contributed by atoms with Gasteiger partial charge < -0.3 is 10.1 Å². The summed E-state index contributed by atoms with van der Waals surface area (Å²) >= 11 is 0. The molecule has 0 atom stereocenters. The van der Waals surface area contributed by atoms with Gasteiger partial charge in [0, 0.05) is 12.6 Å². The molecule has 0 aliphatic heterocycles. The van der Waals surface area contributed by atoms with E-state index in [1.54, 1.807) is 13.0 Å². The van der Waals surface area contributed by atoms with Crippen molar-refractivity contribution in [2.45, 2.75) is 13.8 Å². The Bertz CT molecular complexity index is 490. The van der Waals surface area contributed by atoms with Gasteiger partial charge in [0.2, 0.25) is 15.9 Å². The van der Waals surface area contributed by atoms with Crippen molar-refractivity contribution in [2.75, 3.05) is 31.3 Å². The van der Waals surface area contributed by atoms with Crippen molar-refractivity contribution in [1.82, 2.24) is 14.7 Å². The summed E-state index contributed by atoms with van der Waals surface area (Å²) in [5, 5.41) is 2.92. The van der Waals surface area contributed by atoms with E-state index in [-0.39, 0.29) is 12.3 Å². The van der Waals surface area contributed by atoms with Crippen LogP contribution in [0.15, 0.2) is 6.07 Å². The maximum Gasteiger partial charge on any atom is 0.218 e. The summed E-state index contributed by atoms with van der Waals surface area (Å²) in [5.74, 6) is 1.58.